The van der Waals surface area contributed by atoms with Gasteiger partial charge in [-0.15, -0.1) is 0 Å². The molecule has 3 N–H and O–H groups in total. The fourth-order valence-electron chi connectivity index (χ4n) is 2.54. The highest BCUT2D eigenvalue weighted by molar-refractivity contribution is 7.80. The normalized spacial score (nSPS) is 11.2. The topological polar surface area (TPSA) is 87.4 Å². The van der Waals surface area contributed by atoms with Gasteiger partial charge in [-0.3, -0.25) is 5.32 Å². The zero-order chi connectivity index (χ0) is 20.8. The van der Waals surface area contributed by atoms with Crippen LogP contribution in [0, 0.1) is 20.8 Å². The number of thiocarbonyl (C=S) groups is 1. The zero-order valence-electron chi connectivity index (χ0n) is 16.3. The second kappa shape index (κ2) is 9.49. The minimum absolute atomic E-state index is 0.320. The molecule has 0 amide bonds. The minimum atomic E-state index is 0.320. The summed E-state index contributed by atoms with van der Waals surface area (Å²) < 4.78 is 5.34. The molecule has 0 aliphatic rings. The van der Waals surface area contributed by atoms with E-state index in [1.165, 1.54) is 0 Å². The molecule has 0 atom stereocenters. The first-order valence-corrected chi connectivity index (χ1v) is 9.68. The van der Waals surface area contributed by atoms with Crippen molar-refractivity contribution >= 4 is 46.5 Å². The Morgan fingerprint density at radius 1 is 1.10 bits per heavy atom. The molecule has 0 unspecified atom stereocenters. The summed E-state index contributed by atoms with van der Waals surface area (Å²) in [6, 6.07) is 11.2. The number of aliphatic imine (C=N–C) groups is 1. The molecular weight excluding hydrogens is 408 g/mol. The minimum Gasteiger partial charge on any atom is -0.467 e. The van der Waals surface area contributed by atoms with Gasteiger partial charge in [-0.25, -0.2) is 15.0 Å². The van der Waals surface area contributed by atoms with E-state index in [1.807, 2.05) is 57.2 Å². The van der Waals surface area contributed by atoms with Crippen LogP contribution in [-0.4, -0.2) is 21.0 Å². The van der Waals surface area contributed by atoms with Crippen molar-refractivity contribution < 1.29 is 4.42 Å². The molecule has 2 heterocycles. The van der Waals surface area contributed by atoms with E-state index in [-0.39, 0.29) is 0 Å². The van der Waals surface area contributed by atoms with Gasteiger partial charge in [0.1, 0.15) is 12.3 Å². The first-order valence-electron chi connectivity index (χ1n) is 8.89. The first kappa shape index (κ1) is 20.8. The second-order valence-electron chi connectivity index (χ2n) is 6.41. The summed E-state index contributed by atoms with van der Waals surface area (Å²) in [6.45, 7) is 6.09. The Bertz CT molecular complexity index is 1020. The first-order chi connectivity index (χ1) is 13.9. The largest absolute Gasteiger partial charge is 0.467 e. The van der Waals surface area contributed by atoms with E-state index in [0.29, 0.717) is 40.0 Å². The fraction of sp³-hybridized carbons (Fsp3) is 0.200. The average Bonchev–Trinajstić information content (AvgIpc) is 3.15. The van der Waals surface area contributed by atoms with Crippen molar-refractivity contribution in [3.63, 3.8) is 0 Å². The van der Waals surface area contributed by atoms with Gasteiger partial charge < -0.3 is 15.1 Å². The Morgan fingerprint density at radius 2 is 1.86 bits per heavy atom. The molecule has 0 bridgehead atoms. The second-order valence-corrected chi connectivity index (χ2v) is 7.22. The van der Waals surface area contributed by atoms with Gasteiger partial charge in [0.2, 0.25) is 11.9 Å². The molecule has 150 valence electrons. The van der Waals surface area contributed by atoms with Crippen LogP contribution in [0.3, 0.4) is 0 Å². The third-order valence-corrected chi connectivity index (χ3v) is 4.31. The summed E-state index contributed by atoms with van der Waals surface area (Å²) in [5.41, 5.74) is 3.45. The smallest absolute Gasteiger partial charge is 0.229 e. The molecule has 0 aliphatic heterocycles. The SMILES string of the molecule is Cc1ccc(NC(=S)NC(=NCc2ccco2)Nc2nc(C)cc(C)n2)c(Cl)c1. The Kier molecular flexibility index (Phi) is 6.79. The van der Waals surface area contributed by atoms with Crippen molar-refractivity contribution in [1.29, 1.82) is 0 Å². The summed E-state index contributed by atoms with van der Waals surface area (Å²) >= 11 is 11.7. The molecule has 0 aliphatic carbocycles. The van der Waals surface area contributed by atoms with Crippen LogP contribution in [0.2, 0.25) is 5.02 Å². The lowest BCUT2D eigenvalue weighted by Gasteiger charge is -2.15. The quantitative estimate of drug-likeness (QED) is 0.318. The van der Waals surface area contributed by atoms with Gasteiger partial charge in [0.25, 0.3) is 0 Å². The van der Waals surface area contributed by atoms with E-state index in [1.54, 1.807) is 6.26 Å². The van der Waals surface area contributed by atoms with Gasteiger partial charge in [0, 0.05) is 11.4 Å². The molecule has 9 heteroatoms. The van der Waals surface area contributed by atoms with E-state index >= 15 is 0 Å². The van der Waals surface area contributed by atoms with Crippen LogP contribution in [0.5, 0.6) is 0 Å². The van der Waals surface area contributed by atoms with Crippen LogP contribution in [0.4, 0.5) is 11.6 Å². The molecule has 0 saturated carbocycles. The van der Waals surface area contributed by atoms with Crippen LogP contribution in [0.1, 0.15) is 22.7 Å². The summed E-state index contributed by atoms with van der Waals surface area (Å²) in [5.74, 6) is 1.52. The molecule has 1 aromatic carbocycles. The zero-order valence-corrected chi connectivity index (χ0v) is 17.9. The lowest BCUT2D eigenvalue weighted by atomic mass is 10.2. The number of anilines is 2. The number of aromatic nitrogens is 2. The number of guanidine groups is 1. The predicted molar refractivity (Wildman–Crippen MR) is 121 cm³/mol. The summed E-state index contributed by atoms with van der Waals surface area (Å²) in [6.07, 6.45) is 1.60. The Balaban J connectivity index is 1.76. The average molecular weight is 429 g/mol. The molecular formula is C20H21ClN6OS. The number of rotatable bonds is 4. The van der Waals surface area contributed by atoms with Crippen LogP contribution in [0.25, 0.3) is 0 Å². The van der Waals surface area contributed by atoms with Crippen molar-refractivity contribution in [2.24, 2.45) is 4.99 Å². The predicted octanol–water partition coefficient (Wildman–Crippen LogP) is 4.60. The summed E-state index contributed by atoms with van der Waals surface area (Å²) in [4.78, 5) is 13.3. The number of hydrogen-bond acceptors (Lipinski definition) is 5. The number of furan rings is 1. The van der Waals surface area contributed by atoms with Crippen molar-refractivity contribution in [2.75, 3.05) is 10.6 Å². The number of nitrogens with zero attached hydrogens (tertiary/aromatic N) is 3. The maximum absolute atomic E-state index is 6.28. The number of aryl methyl sites for hydroxylation is 3. The Labute approximate surface area is 179 Å². The molecule has 3 rings (SSSR count). The van der Waals surface area contributed by atoms with E-state index in [0.717, 1.165) is 17.0 Å². The van der Waals surface area contributed by atoms with E-state index in [4.69, 9.17) is 28.2 Å². The molecule has 3 aromatic rings. The van der Waals surface area contributed by atoms with Crippen molar-refractivity contribution in [3.8, 4) is 0 Å². The van der Waals surface area contributed by atoms with Gasteiger partial charge >= 0.3 is 0 Å². The number of benzene rings is 1. The Morgan fingerprint density at radius 3 is 2.52 bits per heavy atom. The molecule has 0 radical (unpaired) electrons. The third kappa shape index (κ3) is 6.27. The van der Waals surface area contributed by atoms with Crippen LogP contribution < -0.4 is 16.0 Å². The van der Waals surface area contributed by atoms with Crippen molar-refractivity contribution in [1.82, 2.24) is 15.3 Å². The van der Waals surface area contributed by atoms with Gasteiger partial charge in [0.15, 0.2) is 5.11 Å². The molecule has 29 heavy (non-hydrogen) atoms. The molecule has 2 aromatic heterocycles. The van der Waals surface area contributed by atoms with Crippen LogP contribution in [-0.2, 0) is 6.54 Å². The maximum atomic E-state index is 6.28. The number of hydrogen-bond donors (Lipinski definition) is 3. The van der Waals surface area contributed by atoms with E-state index < -0.39 is 0 Å². The number of halogens is 1. The Hall–Kier alpha value is -2.97. The van der Waals surface area contributed by atoms with Gasteiger partial charge in [-0.05, 0) is 68.9 Å². The highest BCUT2D eigenvalue weighted by Gasteiger charge is 2.09. The summed E-state index contributed by atoms with van der Waals surface area (Å²) in [5, 5.41) is 10.1. The lowest BCUT2D eigenvalue weighted by molar-refractivity contribution is 0.512. The van der Waals surface area contributed by atoms with Crippen LogP contribution >= 0.6 is 23.8 Å². The number of nitrogens with one attached hydrogen (secondary N) is 3. The van der Waals surface area contributed by atoms with Crippen molar-refractivity contribution in [2.45, 2.75) is 27.3 Å². The summed E-state index contributed by atoms with van der Waals surface area (Å²) in [7, 11) is 0. The van der Waals surface area contributed by atoms with Gasteiger partial charge in [0.05, 0.1) is 17.0 Å². The van der Waals surface area contributed by atoms with E-state index in [9.17, 15) is 0 Å². The van der Waals surface area contributed by atoms with Gasteiger partial charge in [-0.1, -0.05) is 17.7 Å². The van der Waals surface area contributed by atoms with Crippen molar-refractivity contribution in [3.05, 3.63) is 70.4 Å². The maximum Gasteiger partial charge on any atom is 0.229 e. The third-order valence-electron chi connectivity index (χ3n) is 3.79. The molecule has 7 nitrogen and oxygen atoms in total. The fourth-order valence-corrected chi connectivity index (χ4v) is 3.03. The highest BCUT2D eigenvalue weighted by atomic mass is 35.5. The highest BCUT2D eigenvalue weighted by Crippen LogP contribution is 2.22. The van der Waals surface area contributed by atoms with E-state index in [2.05, 4.69) is 30.9 Å². The molecule has 0 saturated heterocycles. The molecule has 0 fully saturated rings. The lowest BCUT2D eigenvalue weighted by Crippen LogP contribution is -2.39. The van der Waals surface area contributed by atoms with Crippen LogP contribution in [0.15, 0.2) is 52.1 Å². The standard InChI is InChI=1S/C20H21ClN6OS/c1-12-6-7-17(16(21)9-12)25-20(29)27-18(22-11-15-5-4-8-28-15)26-19-23-13(2)10-14(3)24-19/h4-10H,11H2,1-3H3,(H3,22,23,24,25,26,27,29). The molecule has 0 spiro atoms. The monoisotopic (exact) mass is 428 g/mol. The van der Waals surface area contributed by atoms with Gasteiger partial charge in [-0.2, -0.15) is 0 Å².